The molecule has 0 aliphatic heterocycles. The lowest BCUT2D eigenvalue weighted by molar-refractivity contribution is -0.127. The van der Waals surface area contributed by atoms with Crippen LogP contribution in [0.3, 0.4) is 0 Å². The smallest absolute Gasteiger partial charge is 0.233 e. The number of amides is 1. The second-order valence-corrected chi connectivity index (χ2v) is 8.84. The first-order chi connectivity index (χ1) is 11.6. The van der Waals surface area contributed by atoms with Crippen molar-refractivity contribution in [1.29, 1.82) is 0 Å². The lowest BCUT2D eigenvalue weighted by Gasteiger charge is -2.15. The molecule has 1 N–H and O–H groups in total. The largest absolute Gasteiger partial charge is 0.340 e. The van der Waals surface area contributed by atoms with Crippen molar-refractivity contribution in [1.82, 2.24) is 20.1 Å². The summed E-state index contributed by atoms with van der Waals surface area (Å²) in [6, 6.07) is 7.87. The Morgan fingerprint density at radius 3 is 2.96 bits per heavy atom. The second-order valence-electron chi connectivity index (χ2n) is 5.07. The number of aromatic amines is 1. The fourth-order valence-electron chi connectivity index (χ4n) is 1.99. The van der Waals surface area contributed by atoms with Crippen LogP contribution in [0.15, 0.2) is 34.8 Å². The zero-order chi connectivity index (χ0) is 16.9. The van der Waals surface area contributed by atoms with Gasteiger partial charge in [0, 0.05) is 23.2 Å². The van der Waals surface area contributed by atoms with E-state index in [9.17, 15) is 4.79 Å². The zero-order valence-electron chi connectivity index (χ0n) is 12.9. The molecule has 0 saturated carbocycles. The third-order valence-corrected chi connectivity index (χ3v) is 6.13. The Morgan fingerprint density at radius 2 is 2.25 bits per heavy atom. The highest BCUT2D eigenvalue weighted by molar-refractivity contribution is 7.99. The molecular formula is C15H15ClN4OS3. The minimum Gasteiger partial charge on any atom is -0.340 e. The van der Waals surface area contributed by atoms with E-state index in [4.69, 9.17) is 11.6 Å². The molecule has 9 heteroatoms. The Kier molecular flexibility index (Phi) is 5.94. The van der Waals surface area contributed by atoms with Crippen LogP contribution in [0.4, 0.5) is 0 Å². The average Bonchev–Trinajstić information content (AvgIpc) is 3.29. The number of thiophene rings is 2. The molecule has 3 aromatic rings. The van der Waals surface area contributed by atoms with Crippen LogP contribution in [0, 0.1) is 0 Å². The number of aromatic nitrogens is 3. The Bertz CT molecular complexity index is 799. The Morgan fingerprint density at radius 1 is 1.38 bits per heavy atom. The van der Waals surface area contributed by atoms with Gasteiger partial charge in [-0.2, -0.15) is 0 Å². The molecule has 126 valence electrons. The van der Waals surface area contributed by atoms with Crippen LogP contribution in [0.2, 0.25) is 4.34 Å². The number of thioether (sulfide) groups is 1. The molecule has 3 rings (SSSR count). The molecule has 0 spiro atoms. The standard InChI is InChI=1S/C15H15ClN4OS3/c1-20(8-11-4-5-12(16)24-11)14(21)9-23-15-17-13(18-19-15)7-10-3-2-6-22-10/h2-6H,7-9H2,1H3,(H,17,18,19). The molecular weight excluding hydrogens is 384 g/mol. The van der Waals surface area contributed by atoms with Crippen molar-refractivity contribution in [3.8, 4) is 0 Å². The van der Waals surface area contributed by atoms with Gasteiger partial charge in [-0.3, -0.25) is 9.89 Å². The second kappa shape index (κ2) is 8.15. The van der Waals surface area contributed by atoms with Crippen LogP contribution in [0.25, 0.3) is 0 Å². The third-order valence-electron chi connectivity index (χ3n) is 3.21. The van der Waals surface area contributed by atoms with E-state index in [0.29, 0.717) is 17.5 Å². The molecule has 0 fully saturated rings. The summed E-state index contributed by atoms with van der Waals surface area (Å²) in [7, 11) is 1.79. The van der Waals surface area contributed by atoms with Gasteiger partial charge in [0.05, 0.1) is 16.6 Å². The molecule has 3 heterocycles. The van der Waals surface area contributed by atoms with Gasteiger partial charge in [-0.1, -0.05) is 29.4 Å². The van der Waals surface area contributed by atoms with Crippen molar-refractivity contribution in [3.05, 3.63) is 49.6 Å². The number of hydrogen-bond donors (Lipinski definition) is 1. The van der Waals surface area contributed by atoms with Crippen molar-refractivity contribution in [3.63, 3.8) is 0 Å². The molecule has 0 atom stereocenters. The number of halogens is 1. The van der Waals surface area contributed by atoms with E-state index in [0.717, 1.165) is 21.5 Å². The summed E-state index contributed by atoms with van der Waals surface area (Å²) < 4.78 is 0.735. The summed E-state index contributed by atoms with van der Waals surface area (Å²) >= 11 is 10.4. The molecule has 3 aromatic heterocycles. The van der Waals surface area contributed by atoms with Crippen molar-refractivity contribution < 1.29 is 4.79 Å². The quantitative estimate of drug-likeness (QED) is 0.612. The van der Waals surface area contributed by atoms with E-state index in [-0.39, 0.29) is 5.91 Å². The van der Waals surface area contributed by atoms with Crippen LogP contribution in [0.5, 0.6) is 0 Å². The van der Waals surface area contributed by atoms with Gasteiger partial charge in [-0.05, 0) is 23.6 Å². The molecule has 0 unspecified atom stereocenters. The third kappa shape index (κ3) is 4.83. The van der Waals surface area contributed by atoms with Gasteiger partial charge in [-0.25, -0.2) is 4.98 Å². The predicted molar refractivity (Wildman–Crippen MR) is 100 cm³/mol. The predicted octanol–water partition coefficient (Wildman–Crippen LogP) is 3.92. The van der Waals surface area contributed by atoms with Crippen LogP contribution >= 0.6 is 46.0 Å². The van der Waals surface area contributed by atoms with Gasteiger partial charge in [0.25, 0.3) is 0 Å². The first-order valence-electron chi connectivity index (χ1n) is 7.15. The maximum absolute atomic E-state index is 12.2. The molecule has 0 saturated heterocycles. The number of H-pyrrole nitrogens is 1. The van der Waals surface area contributed by atoms with Crippen molar-refractivity contribution >= 4 is 51.9 Å². The normalized spacial score (nSPS) is 10.9. The first-order valence-corrected chi connectivity index (χ1v) is 10.2. The Labute approximate surface area is 157 Å². The van der Waals surface area contributed by atoms with Crippen molar-refractivity contribution in [2.45, 2.75) is 18.1 Å². The van der Waals surface area contributed by atoms with E-state index < -0.39 is 0 Å². The van der Waals surface area contributed by atoms with E-state index in [2.05, 4.69) is 21.2 Å². The lowest BCUT2D eigenvalue weighted by atomic mass is 10.3. The molecule has 0 aliphatic rings. The topological polar surface area (TPSA) is 61.9 Å². The monoisotopic (exact) mass is 398 g/mol. The summed E-state index contributed by atoms with van der Waals surface area (Å²) in [4.78, 5) is 20.6. The number of rotatable bonds is 7. The molecule has 0 aliphatic carbocycles. The Hall–Kier alpha value is -1.35. The first kappa shape index (κ1) is 17.5. The van der Waals surface area contributed by atoms with Crippen LogP contribution < -0.4 is 0 Å². The zero-order valence-corrected chi connectivity index (χ0v) is 16.1. The molecule has 0 radical (unpaired) electrons. The number of hydrogen-bond acceptors (Lipinski definition) is 6. The molecule has 1 amide bonds. The maximum Gasteiger partial charge on any atom is 0.233 e. The summed E-state index contributed by atoms with van der Waals surface area (Å²) in [6.07, 6.45) is 0.734. The van der Waals surface area contributed by atoms with Crippen LogP contribution in [0.1, 0.15) is 15.6 Å². The highest BCUT2D eigenvalue weighted by Crippen LogP contribution is 2.23. The van der Waals surface area contributed by atoms with E-state index in [1.54, 1.807) is 23.3 Å². The van der Waals surface area contributed by atoms with Crippen LogP contribution in [-0.2, 0) is 17.8 Å². The maximum atomic E-state index is 12.2. The summed E-state index contributed by atoms with van der Waals surface area (Å²) in [6.45, 7) is 0.564. The number of carbonyl (C=O) groups excluding carboxylic acids is 1. The van der Waals surface area contributed by atoms with Crippen molar-refractivity contribution in [2.75, 3.05) is 12.8 Å². The van der Waals surface area contributed by atoms with Crippen molar-refractivity contribution in [2.24, 2.45) is 0 Å². The van der Waals surface area contributed by atoms with E-state index >= 15 is 0 Å². The average molecular weight is 399 g/mol. The van der Waals surface area contributed by atoms with Crippen LogP contribution in [-0.4, -0.2) is 38.8 Å². The highest BCUT2D eigenvalue weighted by atomic mass is 35.5. The van der Waals surface area contributed by atoms with E-state index in [1.807, 2.05) is 23.6 Å². The fraction of sp³-hybridized carbons (Fsp3) is 0.267. The summed E-state index contributed by atoms with van der Waals surface area (Å²) in [5.74, 6) is 1.16. The van der Waals surface area contributed by atoms with E-state index in [1.165, 1.54) is 28.0 Å². The minimum atomic E-state index is 0.0362. The number of nitrogens with one attached hydrogen (secondary N) is 1. The van der Waals surface area contributed by atoms with Gasteiger partial charge >= 0.3 is 0 Å². The molecule has 24 heavy (non-hydrogen) atoms. The number of carbonyl (C=O) groups is 1. The minimum absolute atomic E-state index is 0.0362. The SMILES string of the molecule is CN(Cc1ccc(Cl)s1)C(=O)CSc1n[nH]c(Cc2cccs2)n1. The van der Waals surface area contributed by atoms with Gasteiger partial charge in [0.15, 0.2) is 0 Å². The summed E-state index contributed by atoms with van der Waals surface area (Å²) in [5, 5.41) is 9.72. The summed E-state index contributed by atoms with van der Waals surface area (Å²) in [5.41, 5.74) is 0. The van der Waals surface area contributed by atoms with Gasteiger partial charge in [-0.15, -0.1) is 27.8 Å². The molecule has 0 bridgehead atoms. The number of nitrogens with zero attached hydrogens (tertiary/aromatic N) is 3. The van der Waals surface area contributed by atoms with Gasteiger partial charge < -0.3 is 4.90 Å². The molecule has 5 nitrogen and oxygen atoms in total. The molecule has 0 aromatic carbocycles. The van der Waals surface area contributed by atoms with Gasteiger partial charge in [0.2, 0.25) is 11.1 Å². The fourth-order valence-corrected chi connectivity index (χ4v) is 4.60. The Balaban J connectivity index is 1.48. The highest BCUT2D eigenvalue weighted by Gasteiger charge is 2.13. The lowest BCUT2D eigenvalue weighted by Crippen LogP contribution is -2.27. The van der Waals surface area contributed by atoms with Gasteiger partial charge in [0.1, 0.15) is 5.82 Å².